The molecule has 2 N–H and O–H groups in total. The smallest absolute Gasteiger partial charge is 0.322 e. The molecule has 2 aromatic heterocycles. The Hall–Kier alpha value is -4.44. The minimum atomic E-state index is -0.332. The average Bonchev–Trinajstić information content (AvgIpc) is 3.58. The third-order valence-electron chi connectivity index (χ3n) is 5.08. The number of hydrogen-bond acceptors (Lipinski definition) is 8. The van der Waals surface area contributed by atoms with Crippen molar-refractivity contribution in [1.82, 2.24) is 10.2 Å². The standard InChI is InChI=1S/C23H20N4O4.CH2O2/c28-21(24-23-26-25-22(31-23)20-5-2-12-30-20)18-4-1-3-17(15-18)16-6-8-19(9-7-16)27-10-13-29-14-11-27;2-1-3/h1-9,12,15H,10-11,13-14H2,(H,24,26,28);1H,(H,2,3). The molecule has 0 radical (unpaired) electrons. The van der Waals surface area contributed by atoms with E-state index >= 15 is 0 Å². The number of morpholine rings is 1. The predicted molar refractivity (Wildman–Crippen MR) is 124 cm³/mol. The number of carbonyl (C=O) groups is 2. The second-order valence-corrected chi connectivity index (χ2v) is 7.18. The molecule has 1 aliphatic heterocycles. The summed E-state index contributed by atoms with van der Waals surface area (Å²) >= 11 is 0. The Morgan fingerprint density at radius 2 is 1.76 bits per heavy atom. The molecule has 10 nitrogen and oxygen atoms in total. The first kappa shape index (κ1) is 22.7. The van der Waals surface area contributed by atoms with Crippen LogP contribution < -0.4 is 10.2 Å². The summed E-state index contributed by atoms with van der Waals surface area (Å²) in [6, 6.07) is 19.2. The summed E-state index contributed by atoms with van der Waals surface area (Å²) in [5, 5.41) is 17.3. The molecule has 1 saturated heterocycles. The van der Waals surface area contributed by atoms with Crippen LogP contribution in [0.1, 0.15) is 10.4 Å². The fourth-order valence-electron chi connectivity index (χ4n) is 3.47. The summed E-state index contributed by atoms with van der Waals surface area (Å²) in [5.41, 5.74) is 3.64. The molecule has 10 heteroatoms. The van der Waals surface area contributed by atoms with Gasteiger partial charge in [-0.15, -0.1) is 5.10 Å². The van der Waals surface area contributed by atoms with Crippen LogP contribution in [-0.4, -0.2) is 54.0 Å². The maximum atomic E-state index is 12.7. The van der Waals surface area contributed by atoms with Crippen molar-refractivity contribution >= 4 is 24.1 Å². The summed E-state index contributed by atoms with van der Waals surface area (Å²) < 4.78 is 16.1. The van der Waals surface area contributed by atoms with Crippen LogP contribution in [0.3, 0.4) is 0 Å². The van der Waals surface area contributed by atoms with Gasteiger partial charge < -0.3 is 23.6 Å². The molecule has 1 amide bonds. The van der Waals surface area contributed by atoms with Gasteiger partial charge in [0.1, 0.15) is 0 Å². The molecular formula is C24H22N4O6. The number of furan rings is 1. The summed E-state index contributed by atoms with van der Waals surface area (Å²) in [6.07, 6.45) is 1.51. The molecule has 0 saturated carbocycles. The lowest BCUT2D eigenvalue weighted by Crippen LogP contribution is -2.36. The maximum absolute atomic E-state index is 12.7. The van der Waals surface area contributed by atoms with E-state index in [0.717, 1.165) is 37.4 Å². The van der Waals surface area contributed by atoms with Crippen molar-refractivity contribution in [1.29, 1.82) is 0 Å². The molecule has 1 fully saturated rings. The average molecular weight is 462 g/mol. The number of nitrogens with zero attached hydrogens (tertiary/aromatic N) is 3. The molecule has 2 aromatic carbocycles. The summed E-state index contributed by atoms with van der Waals surface area (Å²) in [7, 11) is 0. The van der Waals surface area contributed by atoms with E-state index in [1.54, 1.807) is 18.2 Å². The second-order valence-electron chi connectivity index (χ2n) is 7.18. The van der Waals surface area contributed by atoms with Crippen molar-refractivity contribution < 1.29 is 28.3 Å². The number of nitrogens with one attached hydrogen (secondary N) is 1. The minimum Gasteiger partial charge on any atom is -0.483 e. The third-order valence-corrected chi connectivity index (χ3v) is 5.08. The molecule has 0 atom stereocenters. The molecule has 1 aliphatic rings. The van der Waals surface area contributed by atoms with E-state index < -0.39 is 0 Å². The van der Waals surface area contributed by atoms with Gasteiger partial charge >= 0.3 is 6.01 Å². The van der Waals surface area contributed by atoms with E-state index in [0.29, 0.717) is 11.3 Å². The molecule has 0 aliphatic carbocycles. The molecule has 0 spiro atoms. The van der Waals surface area contributed by atoms with E-state index in [1.807, 2.05) is 18.2 Å². The summed E-state index contributed by atoms with van der Waals surface area (Å²) in [5.74, 6) is 0.311. The van der Waals surface area contributed by atoms with E-state index in [4.69, 9.17) is 23.5 Å². The van der Waals surface area contributed by atoms with Crippen molar-refractivity contribution in [2.75, 3.05) is 36.5 Å². The first-order valence-corrected chi connectivity index (χ1v) is 10.5. The largest absolute Gasteiger partial charge is 0.483 e. The van der Waals surface area contributed by atoms with Crippen molar-refractivity contribution in [3.05, 3.63) is 72.5 Å². The fraction of sp³-hybridized carbons (Fsp3) is 0.167. The zero-order valence-corrected chi connectivity index (χ0v) is 18.1. The molecule has 0 unspecified atom stereocenters. The van der Waals surface area contributed by atoms with Crippen LogP contribution in [0.15, 0.2) is 75.8 Å². The van der Waals surface area contributed by atoms with E-state index in [-0.39, 0.29) is 24.3 Å². The zero-order valence-electron chi connectivity index (χ0n) is 18.1. The topological polar surface area (TPSA) is 131 Å². The van der Waals surface area contributed by atoms with Crippen LogP contribution >= 0.6 is 0 Å². The number of carboxylic acid groups (broad SMARTS) is 1. The lowest BCUT2D eigenvalue weighted by Gasteiger charge is -2.28. The van der Waals surface area contributed by atoms with Gasteiger partial charge in [0.2, 0.25) is 0 Å². The van der Waals surface area contributed by atoms with Crippen LogP contribution in [-0.2, 0) is 9.53 Å². The Balaban J connectivity index is 0.000000868. The van der Waals surface area contributed by atoms with Gasteiger partial charge in [-0.2, -0.15) is 0 Å². The number of aromatic nitrogens is 2. The number of anilines is 2. The Labute approximate surface area is 194 Å². The minimum absolute atomic E-state index is 0.0108. The second kappa shape index (κ2) is 10.9. The highest BCUT2D eigenvalue weighted by Crippen LogP contribution is 2.25. The monoisotopic (exact) mass is 462 g/mol. The fourth-order valence-corrected chi connectivity index (χ4v) is 3.47. The highest BCUT2D eigenvalue weighted by Gasteiger charge is 2.15. The summed E-state index contributed by atoms with van der Waals surface area (Å²) in [4.78, 5) is 23.3. The van der Waals surface area contributed by atoms with Crippen molar-refractivity contribution in [2.45, 2.75) is 0 Å². The van der Waals surface area contributed by atoms with Crippen LogP contribution in [0.25, 0.3) is 22.8 Å². The van der Waals surface area contributed by atoms with Crippen LogP contribution in [0.2, 0.25) is 0 Å². The molecule has 4 aromatic rings. The number of carbonyl (C=O) groups excluding carboxylic acids is 1. The van der Waals surface area contributed by atoms with Gasteiger partial charge in [0.25, 0.3) is 18.3 Å². The van der Waals surface area contributed by atoms with Gasteiger partial charge in [-0.1, -0.05) is 29.4 Å². The Morgan fingerprint density at radius 1 is 1.00 bits per heavy atom. The van der Waals surface area contributed by atoms with Crippen LogP contribution in [0.5, 0.6) is 0 Å². The van der Waals surface area contributed by atoms with E-state index in [1.165, 1.54) is 12.0 Å². The maximum Gasteiger partial charge on any atom is 0.322 e. The molecule has 34 heavy (non-hydrogen) atoms. The highest BCUT2D eigenvalue weighted by atomic mass is 16.5. The highest BCUT2D eigenvalue weighted by molar-refractivity contribution is 6.03. The Bertz CT molecular complexity index is 1210. The number of amides is 1. The third kappa shape index (κ3) is 5.48. The van der Waals surface area contributed by atoms with Gasteiger partial charge in [0.05, 0.1) is 19.5 Å². The Morgan fingerprint density at radius 3 is 2.47 bits per heavy atom. The van der Waals surface area contributed by atoms with Crippen molar-refractivity contribution in [3.8, 4) is 22.8 Å². The van der Waals surface area contributed by atoms with Crippen LogP contribution in [0.4, 0.5) is 11.7 Å². The summed E-state index contributed by atoms with van der Waals surface area (Å²) in [6.45, 7) is 3.04. The first-order chi connectivity index (χ1) is 16.7. The lowest BCUT2D eigenvalue weighted by molar-refractivity contribution is -0.122. The quantitative estimate of drug-likeness (QED) is 0.425. The number of benzene rings is 2. The van der Waals surface area contributed by atoms with Gasteiger partial charge in [-0.05, 0) is 47.5 Å². The first-order valence-electron chi connectivity index (χ1n) is 10.5. The molecular weight excluding hydrogens is 440 g/mol. The van der Waals surface area contributed by atoms with Gasteiger partial charge in [0, 0.05) is 24.3 Å². The lowest BCUT2D eigenvalue weighted by atomic mass is 10.0. The SMILES string of the molecule is O=C(Nc1nnc(-c2ccco2)o1)c1cccc(-c2ccc(N3CCOCC3)cc2)c1.O=CO. The molecule has 5 rings (SSSR count). The molecule has 3 heterocycles. The molecule has 174 valence electrons. The number of ether oxygens (including phenoxy) is 1. The number of rotatable bonds is 5. The molecule has 0 bridgehead atoms. The van der Waals surface area contributed by atoms with E-state index in [9.17, 15) is 4.79 Å². The van der Waals surface area contributed by atoms with Gasteiger partial charge in [-0.25, -0.2) is 0 Å². The van der Waals surface area contributed by atoms with Gasteiger partial charge in [-0.3, -0.25) is 14.9 Å². The van der Waals surface area contributed by atoms with Crippen LogP contribution in [0, 0.1) is 0 Å². The van der Waals surface area contributed by atoms with Crippen molar-refractivity contribution in [3.63, 3.8) is 0 Å². The van der Waals surface area contributed by atoms with E-state index in [2.05, 4.69) is 44.7 Å². The van der Waals surface area contributed by atoms with Crippen molar-refractivity contribution in [2.24, 2.45) is 0 Å². The normalized spacial score (nSPS) is 13.0. The predicted octanol–water partition coefficient (Wildman–Crippen LogP) is 3.79. The number of hydrogen-bond donors (Lipinski definition) is 2. The zero-order chi connectivity index (χ0) is 23.8. The Kier molecular flexibility index (Phi) is 7.31. The van der Waals surface area contributed by atoms with Gasteiger partial charge in [0.15, 0.2) is 5.76 Å².